The lowest BCUT2D eigenvalue weighted by molar-refractivity contribution is 0.545. The first kappa shape index (κ1) is 19.4. The second kappa shape index (κ2) is 7.72. The van der Waals surface area contributed by atoms with Crippen LogP contribution in [0.1, 0.15) is 22.9 Å². The second-order valence-electron chi connectivity index (χ2n) is 6.34. The van der Waals surface area contributed by atoms with Crippen LogP contribution >= 0.6 is 11.6 Å². The van der Waals surface area contributed by atoms with Gasteiger partial charge in [-0.3, -0.25) is 4.68 Å². The number of rotatable bonds is 6. The second-order valence-corrected chi connectivity index (χ2v) is 8.49. The maximum absolute atomic E-state index is 12.9. The third-order valence-corrected chi connectivity index (χ3v) is 6.15. The van der Waals surface area contributed by atoms with Gasteiger partial charge in [-0.1, -0.05) is 41.9 Å². The van der Waals surface area contributed by atoms with Crippen LogP contribution in [0.4, 0.5) is 5.82 Å². The topological polar surface area (TPSA) is 90.0 Å². The smallest absolute Gasteiger partial charge is 0.241 e. The highest BCUT2D eigenvalue weighted by molar-refractivity contribution is 7.89. The van der Waals surface area contributed by atoms with Crippen molar-refractivity contribution in [3.63, 3.8) is 0 Å². The number of nitrogen functional groups attached to an aromatic ring is 1. The molecule has 0 radical (unpaired) electrons. The highest BCUT2D eigenvalue weighted by atomic mass is 35.5. The van der Waals surface area contributed by atoms with Crippen molar-refractivity contribution in [2.75, 3.05) is 5.73 Å². The number of hydrogen-bond acceptors (Lipinski definition) is 4. The molecule has 142 valence electrons. The number of anilines is 1. The van der Waals surface area contributed by atoms with Crippen molar-refractivity contribution < 1.29 is 8.42 Å². The molecule has 0 aliphatic carbocycles. The molecule has 27 heavy (non-hydrogen) atoms. The van der Waals surface area contributed by atoms with Gasteiger partial charge in [0.2, 0.25) is 10.0 Å². The van der Waals surface area contributed by atoms with Gasteiger partial charge in [0.1, 0.15) is 5.82 Å². The lowest BCUT2D eigenvalue weighted by atomic mass is 10.0. The summed E-state index contributed by atoms with van der Waals surface area (Å²) in [6.07, 6.45) is 0.449. The highest BCUT2D eigenvalue weighted by Crippen LogP contribution is 2.26. The Balaban J connectivity index is 1.98. The van der Waals surface area contributed by atoms with Gasteiger partial charge in [0.05, 0.1) is 16.6 Å². The quantitative estimate of drug-likeness (QED) is 0.660. The molecular formula is C19H21ClN4O2S. The minimum absolute atomic E-state index is 0.145. The standard InChI is InChI=1S/C19H21ClN4O2S/c1-13-18(22-24(2)19(13)21)17(12-14-6-4-3-5-7-14)23-27(25,26)16-10-8-15(20)9-11-16/h3-11,17,23H,12,21H2,1-2H3. The minimum Gasteiger partial charge on any atom is -0.384 e. The van der Waals surface area contributed by atoms with Crippen LogP contribution in [0.25, 0.3) is 0 Å². The van der Waals surface area contributed by atoms with Gasteiger partial charge in [-0.15, -0.1) is 0 Å². The summed E-state index contributed by atoms with van der Waals surface area (Å²) in [5.41, 5.74) is 8.39. The summed E-state index contributed by atoms with van der Waals surface area (Å²) in [7, 11) is -2.03. The van der Waals surface area contributed by atoms with Crippen LogP contribution < -0.4 is 10.5 Å². The zero-order valence-electron chi connectivity index (χ0n) is 15.1. The first-order valence-electron chi connectivity index (χ1n) is 8.38. The maximum atomic E-state index is 12.9. The molecule has 0 fully saturated rings. The molecule has 0 aliphatic rings. The van der Waals surface area contributed by atoms with Crippen molar-refractivity contribution in [3.05, 3.63) is 76.4 Å². The molecule has 3 aromatic rings. The molecule has 0 amide bonds. The van der Waals surface area contributed by atoms with Crippen molar-refractivity contribution in [1.29, 1.82) is 0 Å². The Labute approximate surface area is 164 Å². The summed E-state index contributed by atoms with van der Waals surface area (Å²) < 4.78 is 30.1. The Kier molecular flexibility index (Phi) is 5.55. The van der Waals surface area contributed by atoms with Crippen LogP contribution in [0, 0.1) is 6.92 Å². The molecule has 0 saturated heterocycles. The van der Waals surface area contributed by atoms with E-state index in [1.165, 1.54) is 12.1 Å². The van der Waals surface area contributed by atoms with E-state index in [0.717, 1.165) is 11.1 Å². The number of nitrogens with zero attached hydrogens (tertiary/aromatic N) is 2. The molecule has 3 N–H and O–H groups in total. The minimum atomic E-state index is -3.76. The van der Waals surface area contributed by atoms with E-state index in [1.807, 2.05) is 37.3 Å². The number of sulfonamides is 1. The zero-order valence-corrected chi connectivity index (χ0v) is 16.6. The van der Waals surface area contributed by atoms with Crippen LogP contribution in [0.5, 0.6) is 0 Å². The molecule has 1 heterocycles. The summed E-state index contributed by atoms with van der Waals surface area (Å²) in [5.74, 6) is 0.508. The molecule has 0 aliphatic heterocycles. The largest absolute Gasteiger partial charge is 0.384 e. The average Bonchev–Trinajstić information content (AvgIpc) is 2.90. The first-order chi connectivity index (χ1) is 12.8. The number of nitrogens with two attached hydrogens (primary N) is 1. The van der Waals surface area contributed by atoms with Crippen LogP contribution in [0.3, 0.4) is 0 Å². The molecule has 8 heteroatoms. The van der Waals surface area contributed by atoms with Gasteiger partial charge in [0.15, 0.2) is 0 Å². The van der Waals surface area contributed by atoms with Gasteiger partial charge >= 0.3 is 0 Å². The van der Waals surface area contributed by atoms with E-state index in [-0.39, 0.29) is 4.90 Å². The number of aryl methyl sites for hydroxylation is 1. The van der Waals surface area contributed by atoms with Gasteiger partial charge < -0.3 is 5.73 Å². The maximum Gasteiger partial charge on any atom is 0.241 e. The zero-order chi connectivity index (χ0) is 19.6. The van der Waals surface area contributed by atoms with E-state index in [4.69, 9.17) is 17.3 Å². The van der Waals surface area contributed by atoms with Crippen molar-refractivity contribution in [1.82, 2.24) is 14.5 Å². The van der Waals surface area contributed by atoms with Crippen molar-refractivity contribution in [2.24, 2.45) is 7.05 Å². The van der Waals surface area contributed by atoms with Gasteiger partial charge in [0, 0.05) is 17.6 Å². The normalized spacial score (nSPS) is 12.9. The SMILES string of the molecule is Cc1c(C(Cc2ccccc2)NS(=O)(=O)c2ccc(Cl)cc2)nn(C)c1N. The predicted molar refractivity (Wildman–Crippen MR) is 107 cm³/mol. The third-order valence-electron chi connectivity index (χ3n) is 4.41. The van der Waals surface area contributed by atoms with Gasteiger partial charge in [-0.25, -0.2) is 13.1 Å². The Bertz CT molecular complexity index is 1030. The molecule has 0 saturated carbocycles. The number of halogens is 1. The highest BCUT2D eigenvalue weighted by Gasteiger charge is 2.26. The molecule has 1 atom stereocenters. The summed E-state index contributed by atoms with van der Waals surface area (Å²) in [6, 6.07) is 15.1. The lowest BCUT2D eigenvalue weighted by Crippen LogP contribution is -2.31. The average molecular weight is 405 g/mol. The fourth-order valence-electron chi connectivity index (χ4n) is 2.91. The van der Waals surface area contributed by atoms with Crippen LogP contribution in [-0.2, 0) is 23.5 Å². The van der Waals surface area contributed by atoms with E-state index in [2.05, 4.69) is 9.82 Å². The fraction of sp³-hybridized carbons (Fsp3) is 0.211. The molecule has 1 unspecified atom stereocenters. The monoisotopic (exact) mass is 404 g/mol. The Morgan fingerprint density at radius 1 is 1.15 bits per heavy atom. The Morgan fingerprint density at radius 3 is 2.33 bits per heavy atom. The van der Waals surface area contributed by atoms with Crippen LogP contribution in [-0.4, -0.2) is 18.2 Å². The fourth-order valence-corrected chi connectivity index (χ4v) is 4.23. The first-order valence-corrected chi connectivity index (χ1v) is 10.2. The molecule has 2 aromatic carbocycles. The number of hydrogen-bond donors (Lipinski definition) is 2. The summed E-state index contributed by atoms with van der Waals surface area (Å²) >= 11 is 5.87. The number of nitrogens with one attached hydrogen (secondary N) is 1. The van der Waals surface area contributed by atoms with Crippen LogP contribution in [0.2, 0.25) is 5.02 Å². The van der Waals surface area contributed by atoms with Gasteiger partial charge in [0.25, 0.3) is 0 Å². The predicted octanol–water partition coefficient (Wildman–Crippen LogP) is 3.23. The third kappa shape index (κ3) is 4.32. The summed E-state index contributed by atoms with van der Waals surface area (Å²) in [6.45, 7) is 1.84. The van der Waals surface area contributed by atoms with E-state index in [9.17, 15) is 8.42 Å². The number of aromatic nitrogens is 2. The van der Waals surface area contributed by atoms with Crippen molar-refractivity contribution >= 4 is 27.4 Å². The van der Waals surface area contributed by atoms with Crippen molar-refractivity contribution in [2.45, 2.75) is 24.3 Å². The van der Waals surface area contributed by atoms with E-state index in [1.54, 1.807) is 23.9 Å². The Morgan fingerprint density at radius 2 is 1.78 bits per heavy atom. The van der Waals surface area contributed by atoms with Gasteiger partial charge in [-0.2, -0.15) is 5.10 Å². The van der Waals surface area contributed by atoms with Crippen LogP contribution in [0.15, 0.2) is 59.5 Å². The molecule has 6 nitrogen and oxygen atoms in total. The van der Waals surface area contributed by atoms with Gasteiger partial charge in [-0.05, 0) is 43.2 Å². The Hall–Kier alpha value is -2.35. The summed E-state index contributed by atoms with van der Waals surface area (Å²) in [5, 5.41) is 4.92. The molecule has 0 spiro atoms. The molecule has 3 rings (SSSR count). The molecule has 0 bridgehead atoms. The number of benzene rings is 2. The lowest BCUT2D eigenvalue weighted by Gasteiger charge is -2.18. The van der Waals surface area contributed by atoms with E-state index in [0.29, 0.717) is 23.0 Å². The molecule has 1 aromatic heterocycles. The molecular weight excluding hydrogens is 384 g/mol. The van der Waals surface area contributed by atoms with Crippen molar-refractivity contribution in [3.8, 4) is 0 Å². The van der Waals surface area contributed by atoms with E-state index < -0.39 is 16.1 Å². The summed E-state index contributed by atoms with van der Waals surface area (Å²) in [4.78, 5) is 0.145. The van der Waals surface area contributed by atoms with E-state index >= 15 is 0 Å².